The van der Waals surface area contributed by atoms with Crippen LogP contribution in [0.1, 0.15) is 68.3 Å². The third-order valence-electron chi connectivity index (χ3n) is 5.77. The Hall–Kier alpha value is -1.40. The quantitative estimate of drug-likeness (QED) is 0.609. The first-order valence-corrected chi connectivity index (χ1v) is 11.6. The molecule has 3 rings (SSSR count). The molecule has 1 aliphatic carbocycles. The zero-order valence-electron chi connectivity index (χ0n) is 16.5. The Balaban J connectivity index is 1.77. The van der Waals surface area contributed by atoms with Crippen LogP contribution in [-0.2, 0) is 23.2 Å². The second kappa shape index (κ2) is 8.74. The topological polar surface area (TPSA) is 53.4 Å². The number of thiophene rings is 1. The Morgan fingerprint density at radius 3 is 2.67 bits per heavy atom. The normalized spacial score (nSPS) is 22.7. The number of anilines is 1. The van der Waals surface area contributed by atoms with Crippen molar-refractivity contribution in [2.75, 3.05) is 11.4 Å². The molecule has 0 radical (unpaired) electrons. The average Bonchev–Trinajstić information content (AvgIpc) is 3.30. The van der Waals surface area contributed by atoms with E-state index < -0.39 is 5.97 Å². The molecule has 0 bridgehead atoms. The van der Waals surface area contributed by atoms with Crippen molar-refractivity contribution in [1.29, 1.82) is 0 Å². The maximum atomic E-state index is 11.1. The van der Waals surface area contributed by atoms with Crippen LogP contribution in [0.4, 0.5) is 5.13 Å². The van der Waals surface area contributed by atoms with Gasteiger partial charge in [-0.25, -0.2) is 4.98 Å². The van der Waals surface area contributed by atoms with Gasteiger partial charge in [0.25, 0.3) is 0 Å². The maximum Gasteiger partial charge on any atom is 0.305 e. The van der Waals surface area contributed by atoms with Crippen molar-refractivity contribution in [3.63, 3.8) is 0 Å². The van der Waals surface area contributed by atoms with Gasteiger partial charge in [0, 0.05) is 27.1 Å². The van der Waals surface area contributed by atoms with E-state index in [1.807, 2.05) is 11.3 Å². The first-order chi connectivity index (χ1) is 12.9. The van der Waals surface area contributed by atoms with E-state index >= 15 is 0 Å². The summed E-state index contributed by atoms with van der Waals surface area (Å²) >= 11 is 3.47. The van der Waals surface area contributed by atoms with E-state index in [9.17, 15) is 4.79 Å². The summed E-state index contributed by atoms with van der Waals surface area (Å²) in [5, 5.41) is 12.3. The molecular formula is C21H30N2O2S2. The van der Waals surface area contributed by atoms with Gasteiger partial charge >= 0.3 is 5.97 Å². The highest BCUT2D eigenvalue weighted by molar-refractivity contribution is 7.14. The van der Waals surface area contributed by atoms with Crippen LogP contribution >= 0.6 is 22.7 Å². The molecule has 4 nitrogen and oxygen atoms in total. The van der Waals surface area contributed by atoms with Crippen LogP contribution in [0.3, 0.4) is 0 Å². The Morgan fingerprint density at radius 1 is 1.33 bits per heavy atom. The molecule has 0 atom stereocenters. The highest BCUT2D eigenvalue weighted by atomic mass is 32.1. The predicted octanol–water partition coefficient (Wildman–Crippen LogP) is 5.72. The number of hydrogen-bond acceptors (Lipinski definition) is 5. The van der Waals surface area contributed by atoms with Gasteiger partial charge in [0.1, 0.15) is 0 Å². The number of nitrogens with zero attached hydrogens (tertiary/aromatic N) is 2. The number of rotatable bonds is 8. The first-order valence-electron chi connectivity index (χ1n) is 9.90. The number of aliphatic carboxylic acids is 1. The van der Waals surface area contributed by atoms with Gasteiger partial charge in [-0.05, 0) is 50.2 Å². The van der Waals surface area contributed by atoms with Gasteiger partial charge in [-0.2, -0.15) is 0 Å². The fraction of sp³-hybridized carbons (Fsp3) is 0.619. The lowest BCUT2D eigenvalue weighted by atomic mass is 9.71. The molecule has 1 N–H and O–H groups in total. The van der Waals surface area contributed by atoms with Crippen LogP contribution in [0.2, 0.25) is 0 Å². The number of thiazole rings is 1. The maximum absolute atomic E-state index is 11.1. The molecule has 6 heteroatoms. The second-order valence-electron chi connectivity index (χ2n) is 8.05. The summed E-state index contributed by atoms with van der Waals surface area (Å²) in [5.41, 5.74) is 1.35. The van der Waals surface area contributed by atoms with Crippen molar-refractivity contribution >= 4 is 33.8 Å². The molecule has 27 heavy (non-hydrogen) atoms. The van der Waals surface area contributed by atoms with Crippen molar-refractivity contribution in [1.82, 2.24) is 4.98 Å². The summed E-state index contributed by atoms with van der Waals surface area (Å²) in [7, 11) is 0. The van der Waals surface area contributed by atoms with Crippen molar-refractivity contribution in [3.8, 4) is 0 Å². The van der Waals surface area contributed by atoms with E-state index in [0.717, 1.165) is 24.0 Å². The molecular weight excluding hydrogens is 376 g/mol. The molecule has 1 saturated carbocycles. The third kappa shape index (κ3) is 5.11. The van der Waals surface area contributed by atoms with Crippen LogP contribution in [0, 0.1) is 5.92 Å². The van der Waals surface area contributed by atoms with Crippen LogP contribution in [0.5, 0.6) is 0 Å². The van der Waals surface area contributed by atoms with Gasteiger partial charge in [0.15, 0.2) is 5.13 Å². The van der Waals surface area contributed by atoms with E-state index in [0.29, 0.717) is 6.54 Å². The van der Waals surface area contributed by atoms with Gasteiger partial charge < -0.3 is 10.0 Å². The molecule has 1 aliphatic rings. The number of hydrogen-bond donors (Lipinski definition) is 1. The van der Waals surface area contributed by atoms with Crippen molar-refractivity contribution in [3.05, 3.63) is 33.0 Å². The van der Waals surface area contributed by atoms with Gasteiger partial charge in [-0.1, -0.05) is 20.8 Å². The summed E-state index contributed by atoms with van der Waals surface area (Å²) in [4.78, 5) is 20.9. The molecule has 1 fully saturated rings. The Kier molecular flexibility index (Phi) is 6.58. The summed E-state index contributed by atoms with van der Waals surface area (Å²) in [6.07, 6.45) is 6.09. The zero-order chi connectivity index (χ0) is 19.4. The highest BCUT2D eigenvalue weighted by Gasteiger charge is 2.33. The Bertz CT molecular complexity index is 760. The standard InChI is InChI=1S/C21H30N2O2S2/c1-4-16-5-6-17(27-16)13-23(12-9-19(24)25)20-22-18(14-26-20)21(3)10-7-15(2)8-11-21/h5-6,14-15H,4,7-13H2,1-3H3,(H,24,25). The number of aromatic nitrogens is 1. The van der Waals surface area contributed by atoms with Crippen LogP contribution in [0.25, 0.3) is 0 Å². The summed E-state index contributed by atoms with van der Waals surface area (Å²) in [6.45, 7) is 8.07. The fourth-order valence-electron chi connectivity index (χ4n) is 3.70. The molecule has 2 aromatic heterocycles. The van der Waals surface area contributed by atoms with E-state index in [4.69, 9.17) is 10.1 Å². The van der Waals surface area contributed by atoms with Crippen LogP contribution < -0.4 is 4.90 Å². The first kappa shape index (κ1) is 20.3. The lowest BCUT2D eigenvalue weighted by Crippen LogP contribution is -2.29. The van der Waals surface area contributed by atoms with Crippen molar-refractivity contribution < 1.29 is 9.90 Å². The average molecular weight is 407 g/mol. The Morgan fingerprint density at radius 2 is 2.04 bits per heavy atom. The summed E-state index contributed by atoms with van der Waals surface area (Å²) < 4.78 is 0. The van der Waals surface area contributed by atoms with E-state index in [-0.39, 0.29) is 11.8 Å². The minimum absolute atomic E-state index is 0.135. The van der Waals surface area contributed by atoms with E-state index in [2.05, 4.69) is 43.2 Å². The molecule has 0 aliphatic heterocycles. The largest absolute Gasteiger partial charge is 0.481 e. The predicted molar refractivity (Wildman–Crippen MR) is 114 cm³/mol. The molecule has 0 saturated heterocycles. The molecule has 0 aromatic carbocycles. The molecule has 0 unspecified atom stereocenters. The second-order valence-corrected chi connectivity index (χ2v) is 10.1. The van der Waals surface area contributed by atoms with Crippen molar-refractivity contribution in [2.24, 2.45) is 5.92 Å². The minimum Gasteiger partial charge on any atom is -0.481 e. The fourth-order valence-corrected chi connectivity index (χ4v) is 5.68. The van der Waals surface area contributed by atoms with Crippen LogP contribution in [-0.4, -0.2) is 22.6 Å². The molecule has 0 amide bonds. The SMILES string of the molecule is CCc1ccc(CN(CCC(=O)O)c2nc(C3(C)CCC(C)CC3)cs2)s1. The zero-order valence-corrected chi connectivity index (χ0v) is 18.2. The minimum atomic E-state index is -0.759. The van der Waals surface area contributed by atoms with Gasteiger partial charge in [-0.15, -0.1) is 22.7 Å². The molecule has 2 aromatic rings. The monoisotopic (exact) mass is 406 g/mol. The Labute approximate surface area is 170 Å². The number of carboxylic acid groups (broad SMARTS) is 1. The lowest BCUT2D eigenvalue weighted by Gasteiger charge is -2.35. The highest BCUT2D eigenvalue weighted by Crippen LogP contribution is 2.42. The van der Waals surface area contributed by atoms with Crippen LogP contribution in [0.15, 0.2) is 17.5 Å². The lowest BCUT2D eigenvalue weighted by molar-refractivity contribution is -0.136. The van der Waals surface area contributed by atoms with E-state index in [1.165, 1.54) is 41.1 Å². The number of aryl methyl sites for hydroxylation is 1. The van der Waals surface area contributed by atoms with Gasteiger partial charge in [-0.3, -0.25) is 4.79 Å². The molecule has 148 valence electrons. The number of carbonyl (C=O) groups is 1. The molecule has 0 spiro atoms. The summed E-state index contributed by atoms with van der Waals surface area (Å²) in [6, 6.07) is 4.34. The van der Waals surface area contributed by atoms with Crippen molar-refractivity contribution in [2.45, 2.75) is 71.3 Å². The van der Waals surface area contributed by atoms with Gasteiger partial charge in [0.05, 0.1) is 18.7 Å². The summed E-state index contributed by atoms with van der Waals surface area (Å²) in [5.74, 6) is 0.0558. The third-order valence-corrected chi connectivity index (χ3v) is 7.88. The van der Waals surface area contributed by atoms with E-state index in [1.54, 1.807) is 11.3 Å². The van der Waals surface area contributed by atoms with Gasteiger partial charge in [0.2, 0.25) is 0 Å². The molecule has 2 heterocycles. The number of carboxylic acids is 1. The smallest absolute Gasteiger partial charge is 0.305 e.